The number of carbonyl (C=O) groups excluding carboxylic acids is 1. The molecule has 0 radical (unpaired) electrons. The van der Waals surface area contributed by atoms with Crippen LogP contribution in [0.15, 0.2) is 68.6 Å². The summed E-state index contributed by atoms with van der Waals surface area (Å²) in [6, 6.07) is 15.6. The van der Waals surface area contributed by atoms with Gasteiger partial charge in [-0.15, -0.1) is 0 Å². The lowest BCUT2D eigenvalue weighted by atomic mass is 10.1. The molecule has 0 aliphatic heterocycles. The number of rotatable bonds is 4. The molecule has 1 N–H and O–H groups in total. The molecule has 4 aromatic rings. The maximum atomic E-state index is 13.0. The van der Waals surface area contributed by atoms with E-state index in [1.54, 1.807) is 42.9 Å². The van der Waals surface area contributed by atoms with Crippen LogP contribution in [0.5, 0.6) is 0 Å². The molecular weight excluding hydrogens is 382 g/mol. The summed E-state index contributed by atoms with van der Waals surface area (Å²) in [4.78, 5) is 38.2. The number of nitrogens with zero attached hydrogens (tertiary/aromatic N) is 2. The minimum Gasteiger partial charge on any atom is -0.451 e. The molecule has 0 atom stereocenters. The summed E-state index contributed by atoms with van der Waals surface area (Å²) in [5, 5.41) is 3.04. The smallest absolute Gasteiger partial charge is 0.295 e. The van der Waals surface area contributed by atoms with Gasteiger partial charge in [0.15, 0.2) is 11.2 Å². The Labute approximate surface area is 172 Å². The van der Waals surface area contributed by atoms with Crippen LogP contribution >= 0.6 is 0 Å². The lowest BCUT2D eigenvalue weighted by molar-refractivity contribution is 0.0997. The van der Waals surface area contributed by atoms with Crippen molar-refractivity contribution in [2.75, 3.05) is 5.32 Å². The summed E-state index contributed by atoms with van der Waals surface area (Å²) in [6.45, 7) is 3.73. The topological polar surface area (TPSA) is 86.2 Å². The number of amides is 1. The molecule has 4 rings (SSSR count). The summed E-state index contributed by atoms with van der Waals surface area (Å²) in [5.41, 5.74) is 2.05. The second kappa shape index (κ2) is 7.51. The normalized spacial score (nSPS) is 11.0. The van der Waals surface area contributed by atoms with Gasteiger partial charge in [-0.1, -0.05) is 31.2 Å². The molecule has 0 aliphatic rings. The number of aromatic nitrogens is 2. The van der Waals surface area contributed by atoms with Crippen LogP contribution in [0.3, 0.4) is 0 Å². The van der Waals surface area contributed by atoms with E-state index in [2.05, 4.69) is 5.32 Å². The third-order valence-corrected chi connectivity index (χ3v) is 5.22. The molecule has 0 spiro atoms. The van der Waals surface area contributed by atoms with E-state index < -0.39 is 5.91 Å². The van der Waals surface area contributed by atoms with Crippen LogP contribution in [0.2, 0.25) is 0 Å². The fourth-order valence-electron chi connectivity index (χ4n) is 3.42. The van der Waals surface area contributed by atoms with Crippen LogP contribution in [0.25, 0.3) is 16.7 Å². The second-order valence-corrected chi connectivity index (χ2v) is 7.05. The highest BCUT2D eigenvalue weighted by atomic mass is 16.3. The SMILES string of the molecule is CCc1ccc2oc(C(=O)Nc3c(C)n(C)n(-c4ccccc4)c3=O)cc(=O)c2c1. The average Bonchev–Trinajstić information content (AvgIpc) is 2.97. The van der Waals surface area contributed by atoms with Crippen molar-refractivity contribution >= 4 is 22.6 Å². The molecule has 2 heterocycles. The first-order valence-electron chi connectivity index (χ1n) is 9.63. The van der Waals surface area contributed by atoms with Crippen molar-refractivity contribution in [3.8, 4) is 5.69 Å². The summed E-state index contributed by atoms with van der Waals surface area (Å²) >= 11 is 0. The van der Waals surface area contributed by atoms with Crippen LogP contribution in [0.1, 0.15) is 28.7 Å². The van der Waals surface area contributed by atoms with E-state index in [1.807, 2.05) is 31.2 Å². The zero-order chi connectivity index (χ0) is 21.4. The number of anilines is 1. The van der Waals surface area contributed by atoms with E-state index in [0.29, 0.717) is 22.4 Å². The Kier molecular flexibility index (Phi) is 4.87. The number of aryl methyl sites for hydroxylation is 1. The first-order chi connectivity index (χ1) is 14.4. The Bertz CT molecular complexity index is 1380. The molecule has 0 aliphatic carbocycles. The molecule has 0 saturated heterocycles. The van der Waals surface area contributed by atoms with Crippen LogP contribution in [-0.2, 0) is 13.5 Å². The van der Waals surface area contributed by atoms with Gasteiger partial charge in [0.2, 0.25) is 0 Å². The number of fused-ring (bicyclic) bond motifs is 1. The molecule has 7 nitrogen and oxygen atoms in total. The van der Waals surface area contributed by atoms with Gasteiger partial charge in [0.05, 0.1) is 16.8 Å². The van der Waals surface area contributed by atoms with Crippen molar-refractivity contribution in [2.24, 2.45) is 7.05 Å². The van der Waals surface area contributed by atoms with E-state index in [-0.39, 0.29) is 22.4 Å². The largest absolute Gasteiger partial charge is 0.451 e. The molecule has 152 valence electrons. The average molecular weight is 403 g/mol. The predicted octanol–water partition coefficient (Wildman–Crippen LogP) is 3.41. The van der Waals surface area contributed by atoms with Gasteiger partial charge >= 0.3 is 0 Å². The number of carbonyl (C=O) groups is 1. The van der Waals surface area contributed by atoms with Gasteiger partial charge in [0, 0.05) is 13.1 Å². The summed E-state index contributed by atoms with van der Waals surface area (Å²) in [6.07, 6.45) is 0.790. The Morgan fingerprint density at radius 3 is 2.50 bits per heavy atom. The number of nitrogens with one attached hydrogen (secondary N) is 1. The van der Waals surface area contributed by atoms with Crippen LogP contribution in [0, 0.1) is 6.92 Å². The van der Waals surface area contributed by atoms with Crippen molar-refractivity contribution in [1.29, 1.82) is 0 Å². The highest BCUT2D eigenvalue weighted by Gasteiger charge is 2.20. The number of para-hydroxylation sites is 1. The van der Waals surface area contributed by atoms with Crippen LogP contribution in [-0.4, -0.2) is 15.3 Å². The molecule has 7 heteroatoms. The van der Waals surface area contributed by atoms with E-state index in [1.165, 1.54) is 4.68 Å². The van der Waals surface area contributed by atoms with E-state index in [9.17, 15) is 14.4 Å². The Morgan fingerprint density at radius 1 is 1.07 bits per heavy atom. The molecule has 0 saturated carbocycles. The fourth-order valence-corrected chi connectivity index (χ4v) is 3.42. The zero-order valence-corrected chi connectivity index (χ0v) is 16.9. The Hall–Kier alpha value is -3.87. The van der Waals surface area contributed by atoms with Crippen molar-refractivity contribution in [3.63, 3.8) is 0 Å². The maximum Gasteiger partial charge on any atom is 0.295 e. The van der Waals surface area contributed by atoms with Gasteiger partial charge in [0.1, 0.15) is 11.3 Å². The van der Waals surface area contributed by atoms with Crippen LogP contribution in [0.4, 0.5) is 5.69 Å². The highest BCUT2D eigenvalue weighted by Crippen LogP contribution is 2.18. The van der Waals surface area contributed by atoms with E-state index in [4.69, 9.17) is 4.42 Å². The minimum absolute atomic E-state index is 0.135. The summed E-state index contributed by atoms with van der Waals surface area (Å²) in [5.74, 6) is -0.801. The molecule has 0 fully saturated rings. The van der Waals surface area contributed by atoms with Gasteiger partial charge in [0.25, 0.3) is 11.5 Å². The molecule has 0 bridgehead atoms. The van der Waals surface area contributed by atoms with E-state index in [0.717, 1.165) is 18.1 Å². The fraction of sp³-hybridized carbons (Fsp3) is 0.174. The molecule has 1 amide bonds. The van der Waals surface area contributed by atoms with Gasteiger partial charge in [-0.05, 0) is 43.2 Å². The lowest BCUT2D eigenvalue weighted by Crippen LogP contribution is -2.23. The number of hydrogen-bond acceptors (Lipinski definition) is 4. The quantitative estimate of drug-likeness (QED) is 0.566. The zero-order valence-electron chi connectivity index (χ0n) is 16.9. The van der Waals surface area contributed by atoms with Gasteiger partial charge in [-0.25, -0.2) is 4.68 Å². The third kappa shape index (κ3) is 3.24. The number of hydrogen-bond donors (Lipinski definition) is 1. The molecule has 2 aromatic carbocycles. The van der Waals surface area contributed by atoms with Crippen molar-refractivity contribution in [3.05, 3.63) is 92.2 Å². The molecule has 30 heavy (non-hydrogen) atoms. The van der Waals surface area contributed by atoms with Crippen molar-refractivity contribution in [1.82, 2.24) is 9.36 Å². The second-order valence-electron chi connectivity index (χ2n) is 7.05. The minimum atomic E-state index is -0.653. The predicted molar refractivity (Wildman–Crippen MR) is 116 cm³/mol. The lowest BCUT2D eigenvalue weighted by Gasteiger charge is -2.07. The maximum absolute atomic E-state index is 13.0. The standard InChI is InChI=1S/C23H21N3O4/c1-4-15-10-11-19-17(12-15)18(27)13-20(30-19)22(28)24-21-14(2)25(3)26(23(21)29)16-8-6-5-7-9-16/h5-13H,4H2,1-3H3,(H,24,28). The Morgan fingerprint density at radius 2 is 1.80 bits per heavy atom. The monoisotopic (exact) mass is 403 g/mol. The third-order valence-electron chi connectivity index (χ3n) is 5.22. The van der Waals surface area contributed by atoms with Crippen molar-refractivity contribution in [2.45, 2.75) is 20.3 Å². The first kappa shape index (κ1) is 19.4. The highest BCUT2D eigenvalue weighted by molar-refractivity contribution is 6.03. The van der Waals surface area contributed by atoms with Gasteiger partial charge < -0.3 is 9.73 Å². The summed E-state index contributed by atoms with van der Waals surface area (Å²) < 4.78 is 8.78. The van der Waals surface area contributed by atoms with Crippen LogP contribution < -0.4 is 16.3 Å². The Balaban J connectivity index is 1.73. The van der Waals surface area contributed by atoms with Gasteiger partial charge in [-0.2, -0.15) is 0 Å². The molecular formula is C23H21N3O4. The number of benzene rings is 2. The first-order valence-corrected chi connectivity index (χ1v) is 9.63. The van der Waals surface area contributed by atoms with Gasteiger partial charge in [-0.3, -0.25) is 19.1 Å². The van der Waals surface area contributed by atoms with E-state index >= 15 is 0 Å². The van der Waals surface area contributed by atoms with Crippen molar-refractivity contribution < 1.29 is 9.21 Å². The molecule has 2 aromatic heterocycles. The summed E-state index contributed by atoms with van der Waals surface area (Å²) in [7, 11) is 1.74. The molecule has 0 unspecified atom stereocenters.